The highest BCUT2D eigenvalue weighted by atomic mass is 16.5. The number of benzene rings is 2. The molecule has 0 aliphatic carbocycles. The molecule has 7 heteroatoms. The molecule has 1 aromatic heterocycles. The van der Waals surface area contributed by atoms with Crippen LogP contribution in [0.2, 0.25) is 0 Å². The molecule has 0 atom stereocenters. The van der Waals surface area contributed by atoms with Gasteiger partial charge < -0.3 is 19.3 Å². The van der Waals surface area contributed by atoms with E-state index in [0.717, 1.165) is 17.7 Å². The average Bonchev–Trinajstić information content (AvgIpc) is 3.16. The SMILES string of the molecule is Cc1nc(COc2ccccc2C(=O)NCc2ccccc2OCCC(C)C)no1. The Balaban J connectivity index is 1.61. The third-order valence-electron chi connectivity index (χ3n) is 4.42. The van der Waals surface area contributed by atoms with Crippen LogP contribution in [0.5, 0.6) is 11.5 Å². The first-order valence-electron chi connectivity index (χ1n) is 10.0. The van der Waals surface area contributed by atoms with Crippen LogP contribution in [0.4, 0.5) is 0 Å². The van der Waals surface area contributed by atoms with Crippen molar-refractivity contribution in [1.29, 1.82) is 0 Å². The van der Waals surface area contributed by atoms with Crippen molar-refractivity contribution in [2.45, 2.75) is 40.3 Å². The van der Waals surface area contributed by atoms with E-state index in [0.29, 0.717) is 42.1 Å². The number of carbonyl (C=O) groups excluding carboxylic acids is 1. The van der Waals surface area contributed by atoms with Crippen molar-refractivity contribution >= 4 is 5.91 Å². The van der Waals surface area contributed by atoms with Gasteiger partial charge in [0.25, 0.3) is 5.91 Å². The third kappa shape index (κ3) is 6.07. The highest BCUT2D eigenvalue weighted by Gasteiger charge is 2.14. The Kier molecular flexibility index (Phi) is 7.43. The summed E-state index contributed by atoms with van der Waals surface area (Å²) in [5.74, 6) is 2.48. The van der Waals surface area contributed by atoms with Crippen LogP contribution in [0, 0.1) is 12.8 Å². The van der Waals surface area contributed by atoms with Gasteiger partial charge in [0.05, 0.1) is 12.2 Å². The fourth-order valence-electron chi connectivity index (χ4n) is 2.79. The highest BCUT2D eigenvalue weighted by molar-refractivity contribution is 5.96. The topological polar surface area (TPSA) is 86.5 Å². The molecule has 158 valence electrons. The lowest BCUT2D eigenvalue weighted by Gasteiger charge is -2.14. The maximum atomic E-state index is 12.8. The molecule has 0 radical (unpaired) electrons. The molecule has 0 aliphatic rings. The minimum atomic E-state index is -0.230. The second-order valence-corrected chi connectivity index (χ2v) is 7.34. The number of rotatable bonds is 10. The lowest BCUT2D eigenvalue weighted by atomic mass is 10.1. The number of aromatic nitrogens is 2. The van der Waals surface area contributed by atoms with Gasteiger partial charge >= 0.3 is 0 Å². The summed E-state index contributed by atoms with van der Waals surface area (Å²) in [6.45, 7) is 7.16. The number of carbonyl (C=O) groups is 1. The molecule has 2 aromatic carbocycles. The van der Waals surface area contributed by atoms with Crippen LogP contribution >= 0.6 is 0 Å². The molecule has 3 aromatic rings. The zero-order valence-electron chi connectivity index (χ0n) is 17.6. The van der Waals surface area contributed by atoms with Gasteiger partial charge in [-0.05, 0) is 30.5 Å². The Labute approximate surface area is 176 Å². The Morgan fingerprint density at radius 2 is 1.80 bits per heavy atom. The smallest absolute Gasteiger partial charge is 0.255 e. The summed E-state index contributed by atoms with van der Waals surface area (Å²) in [5, 5.41) is 6.75. The van der Waals surface area contributed by atoms with Crippen LogP contribution in [0.3, 0.4) is 0 Å². The molecule has 0 unspecified atom stereocenters. The number of aryl methyl sites for hydroxylation is 1. The fourth-order valence-corrected chi connectivity index (χ4v) is 2.79. The van der Waals surface area contributed by atoms with Crippen molar-refractivity contribution in [3.8, 4) is 11.5 Å². The summed E-state index contributed by atoms with van der Waals surface area (Å²) in [6.07, 6.45) is 0.977. The molecule has 0 bridgehead atoms. The molecule has 0 saturated heterocycles. The van der Waals surface area contributed by atoms with Crippen molar-refractivity contribution in [2.75, 3.05) is 6.61 Å². The minimum Gasteiger partial charge on any atom is -0.493 e. The number of hydrogen-bond donors (Lipinski definition) is 1. The number of hydrogen-bond acceptors (Lipinski definition) is 6. The van der Waals surface area contributed by atoms with E-state index < -0.39 is 0 Å². The molecular formula is C23H27N3O4. The van der Waals surface area contributed by atoms with Crippen LogP contribution < -0.4 is 14.8 Å². The molecule has 0 fully saturated rings. The van der Waals surface area contributed by atoms with Gasteiger partial charge in [-0.1, -0.05) is 49.3 Å². The van der Waals surface area contributed by atoms with Gasteiger partial charge in [0, 0.05) is 19.0 Å². The summed E-state index contributed by atoms with van der Waals surface area (Å²) in [5.41, 5.74) is 1.37. The van der Waals surface area contributed by atoms with E-state index >= 15 is 0 Å². The third-order valence-corrected chi connectivity index (χ3v) is 4.42. The second-order valence-electron chi connectivity index (χ2n) is 7.34. The first kappa shape index (κ1) is 21.4. The number of amides is 1. The predicted octanol–water partition coefficient (Wildman–Crippen LogP) is 4.31. The quantitative estimate of drug-likeness (QED) is 0.537. The maximum Gasteiger partial charge on any atom is 0.255 e. The molecule has 0 saturated carbocycles. The summed E-state index contributed by atoms with van der Waals surface area (Å²) in [4.78, 5) is 16.9. The van der Waals surface area contributed by atoms with Gasteiger partial charge in [0.2, 0.25) is 11.7 Å². The summed E-state index contributed by atoms with van der Waals surface area (Å²) in [7, 11) is 0. The van der Waals surface area contributed by atoms with Gasteiger partial charge in [-0.2, -0.15) is 4.98 Å². The first-order chi connectivity index (χ1) is 14.5. The average molecular weight is 409 g/mol. The van der Waals surface area contributed by atoms with Gasteiger partial charge in [-0.3, -0.25) is 4.79 Å². The van der Waals surface area contributed by atoms with Crippen LogP contribution in [-0.4, -0.2) is 22.7 Å². The van der Waals surface area contributed by atoms with E-state index in [1.54, 1.807) is 25.1 Å². The van der Waals surface area contributed by atoms with Gasteiger partial charge in [0.1, 0.15) is 11.5 Å². The fraction of sp³-hybridized carbons (Fsp3) is 0.348. The Morgan fingerprint density at radius 3 is 2.53 bits per heavy atom. The van der Waals surface area contributed by atoms with Gasteiger partial charge in [-0.25, -0.2) is 0 Å². The van der Waals surface area contributed by atoms with Crippen LogP contribution in [0.25, 0.3) is 0 Å². The van der Waals surface area contributed by atoms with Gasteiger partial charge in [-0.15, -0.1) is 0 Å². The Hall–Kier alpha value is -3.35. The van der Waals surface area contributed by atoms with Gasteiger partial charge in [0.15, 0.2) is 6.61 Å². The molecule has 30 heavy (non-hydrogen) atoms. The maximum absolute atomic E-state index is 12.8. The van der Waals surface area contributed by atoms with E-state index in [1.807, 2.05) is 30.3 Å². The van der Waals surface area contributed by atoms with Crippen molar-refractivity contribution in [2.24, 2.45) is 5.92 Å². The minimum absolute atomic E-state index is 0.119. The Morgan fingerprint density at radius 1 is 1.07 bits per heavy atom. The van der Waals surface area contributed by atoms with E-state index in [1.165, 1.54) is 0 Å². The second kappa shape index (κ2) is 10.4. The molecule has 1 heterocycles. The summed E-state index contributed by atoms with van der Waals surface area (Å²) in [6, 6.07) is 14.8. The molecule has 1 N–H and O–H groups in total. The number of ether oxygens (including phenoxy) is 2. The molecule has 7 nitrogen and oxygen atoms in total. The molecule has 1 amide bonds. The standard InChI is InChI=1S/C23H27N3O4/c1-16(2)12-13-28-20-10-6-4-8-18(20)14-24-23(27)19-9-5-7-11-21(19)29-15-22-25-17(3)30-26-22/h4-11,16H,12-15H2,1-3H3,(H,24,27). The lowest BCUT2D eigenvalue weighted by Crippen LogP contribution is -2.24. The van der Waals surface area contributed by atoms with E-state index in [4.69, 9.17) is 14.0 Å². The molecule has 3 rings (SSSR count). The largest absolute Gasteiger partial charge is 0.493 e. The zero-order chi connectivity index (χ0) is 21.3. The van der Waals surface area contributed by atoms with Crippen molar-refractivity contribution in [1.82, 2.24) is 15.5 Å². The molecule has 0 spiro atoms. The Bertz CT molecular complexity index is 968. The van der Waals surface area contributed by atoms with Crippen LogP contribution in [-0.2, 0) is 13.2 Å². The highest BCUT2D eigenvalue weighted by Crippen LogP contribution is 2.21. The molecular weight excluding hydrogens is 382 g/mol. The number of para-hydroxylation sites is 2. The predicted molar refractivity (Wildman–Crippen MR) is 112 cm³/mol. The van der Waals surface area contributed by atoms with Crippen molar-refractivity contribution in [3.63, 3.8) is 0 Å². The number of nitrogens with one attached hydrogen (secondary N) is 1. The van der Waals surface area contributed by atoms with E-state index in [-0.39, 0.29) is 12.5 Å². The van der Waals surface area contributed by atoms with Crippen molar-refractivity contribution < 1.29 is 18.8 Å². The lowest BCUT2D eigenvalue weighted by molar-refractivity contribution is 0.0946. The monoisotopic (exact) mass is 409 g/mol. The summed E-state index contributed by atoms with van der Waals surface area (Å²) < 4.78 is 16.6. The van der Waals surface area contributed by atoms with E-state index in [2.05, 4.69) is 29.3 Å². The molecule has 0 aliphatic heterocycles. The normalized spacial score (nSPS) is 10.8. The summed E-state index contributed by atoms with van der Waals surface area (Å²) >= 11 is 0. The van der Waals surface area contributed by atoms with Crippen molar-refractivity contribution in [3.05, 3.63) is 71.4 Å². The number of nitrogens with zero attached hydrogens (tertiary/aromatic N) is 2. The van der Waals surface area contributed by atoms with Crippen LogP contribution in [0.15, 0.2) is 53.1 Å². The first-order valence-corrected chi connectivity index (χ1v) is 10.0. The zero-order valence-corrected chi connectivity index (χ0v) is 17.6. The van der Waals surface area contributed by atoms with E-state index in [9.17, 15) is 4.79 Å². The van der Waals surface area contributed by atoms with Crippen LogP contribution in [0.1, 0.15) is 47.9 Å².